The monoisotopic (exact) mass is 1080 g/mol. The molecule has 6 atom stereocenters. The number of non-ortho nitro benzene ring substituents is 1. The van der Waals surface area contributed by atoms with E-state index in [9.17, 15) is 20.3 Å². The summed E-state index contributed by atoms with van der Waals surface area (Å²) < 4.78 is 28.0. The van der Waals surface area contributed by atoms with Crippen molar-refractivity contribution < 1.29 is 43.7 Å². The van der Waals surface area contributed by atoms with E-state index in [1.165, 1.54) is 56.2 Å². The molecule has 0 radical (unpaired) electrons. The van der Waals surface area contributed by atoms with Gasteiger partial charge in [0.05, 0.1) is 36.3 Å². The van der Waals surface area contributed by atoms with Gasteiger partial charge in [0.1, 0.15) is 29.9 Å². The lowest BCUT2D eigenvalue weighted by atomic mass is 9.55. The number of allylic oxidation sites excluding steroid dienone is 1. The summed E-state index contributed by atoms with van der Waals surface area (Å²) >= 11 is 0. The van der Waals surface area contributed by atoms with Crippen molar-refractivity contribution in [3.8, 4) is 17.2 Å². The quantitative estimate of drug-likeness (QED) is 0.0189. The van der Waals surface area contributed by atoms with Crippen LogP contribution in [0, 0.1) is 41.7 Å². The summed E-state index contributed by atoms with van der Waals surface area (Å²) in [5.41, 5.74) is 6.34. The van der Waals surface area contributed by atoms with Crippen molar-refractivity contribution in [2.45, 2.75) is 161 Å². The number of unbranched alkanes of at least 4 members (excludes halogenated alkanes) is 11. The number of nitro benzene ring substituents is 1. The summed E-state index contributed by atoms with van der Waals surface area (Å²) in [5, 5.41) is 39.0. The van der Waals surface area contributed by atoms with Gasteiger partial charge >= 0.3 is 6.09 Å². The van der Waals surface area contributed by atoms with Crippen LogP contribution in [0.2, 0.25) is 0 Å². The third-order valence-electron chi connectivity index (χ3n) is 16.5. The molecule has 3 aliphatic rings. The lowest BCUT2D eigenvalue weighted by molar-refractivity contribution is -0.384. The topological polar surface area (TPSA) is 162 Å². The summed E-state index contributed by atoms with van der Waals surface area (Å²) in [5.74, 6) is -0.431. The zero-order valence-corrected chi connectivity index (χ0v) is 46.8. The second kappa shape index (κ2) is 29.1. The number of amides is 1. The Morgan fingerprint density at radius 3 is 2.24 bits per heavy atom. The van der Waals surface area contributed by atoms with Crippen LogP contribution in [-0.4, -0.2) is 70.1 Å². The molecule has 1 amide bonds. The van der Waals surface area contributed by atoms with Gasteiger partial charge in [0, 0.05) is 43.2 Å². The van der Waals surface area contributed by atoms with Crippen molar-refractivity contribution in [1.82, 2.24) is 4.90 Å². The Labute approximate surface area is 467 Å². The van der Waals surface area contributed by atoms with Crippen molar-refractivity contribution in [3.63, 3.8) is 0 Å². The third kappa shape index (κ3) is 14.6. The van der Waals surface area contributed by atoms with E-state index in [0.717, 1.165) is 84.4 Å². The minimum Gasteiger partial charge on any atom is -0.459 e. The molecule has 79 heavy (non-hydrogen) atoms. The first-order chi connectivity index (χ1) is 38.6. The van der Waals surface area contributed by atoms with E-state index in [4.69, 9.17) is 28.9 Å². The summed E-state index contributed by atoms with van der Waals surface area (Å²) in [6, 6.07) is 31.8. The Balaban J connectivity index is 1.27. The second-order valence-corrected chi connectivity index (χ2v) is 21.9. The first kappa shape index (κ1) is 58.6. The molecule has 8 rings (SSSR count). The number of fused-ring (bicyclic) bond motifs is 3. The normalized spacial score (nSPS) is 20.6. The molecular formula is C66H83N3O10. The molecule has 0 aromatic heterocycles. The van der Waals surface area contributed by atoms with Gasteiger partial charge < -0.3 is 34.0 Å². The number of aryl methyl sites for hydroxylation is 2. The van der Waals surface area contributed by atoms with Gasteiger partial charge in [0.15, 0.2) is 0 Å². The number of hydrogen-bond acceptors (Lipinski definition) is 11. The number of ether oxygens (including phenoxy) is 4. The van der Waals surface area contributed by atoms with Crippen LogP contribution in [0.3, 0.4) is 0 Å². The summed E-state index contributed by atoms with van der Waals surface area (Å²) in [7, 11) is 0. The Morgan fingerprint density at radius 1 is 0.823 bits per heavy atom. The molecule has 2 aliphatic carbocycles. The van der Waals surface area contributed by atoms with E-state index in [1.807, 2.05) is 42.5 Å². The van der Waals surface area contributed by atoms with E-state index in [2.05, 4.69) is 69.8 Å². The fourth-order valence-electron chi connectivity index (χ4n) is 12.3. The van der Waals surface area contributed by atoms with Crippen molar-refractivity contribution in [2.24, 2.45) is 22.9 Å². The van der Waals surface area contributed by atoms with Gasteiger partial charge in [-0.05, 0) is 139 Å². The third-order valence-corrected chi connectivity index (χ3v) is 16.5. The van der Waals surface area contributed by atoms with Crippen molar-refractivity contribution in [2.75, 3.05) is 26.4 Å². The molecule has 0 bridgehead atoms. The highest BCUT2D eigenvalue weighted by molar-refractivity contribution is 6.03. The molecule has 13 nitrogen and oxygen atoms in total. The summed E-state index contributed by atoms with van der Waals surface area (Å²) in [6.45, 7) is 11.2. The number of nitro groups is 1. The van der Waals surface area contributed by atoms with E-state index < -0.39 is 28.8 Å². The van der Waals surface area contributed by atoms with Crippen LogP contribution < -0.4 is 9.47 Å². The number of hydrogen-bond donors (Lipinski definition) is 2. The van der Waals surface area contributed by atoms with Crippen LogP contribution in [0.15, 0.2) is 133 Å². The number of aliphatic hydroxyl groups excluding tert-OH is 2. The molecule has 0 spiro atoms. The second-order valence-electron chi connectivity index (χ2n) is 21.9. The van der Waals surface area contributed by atoms with Crippen LogP contribution in [-0.2, 0) is 27.5 Å². The molecule has 5 aromatic carbocycles. The van der Waals surface area contributed by atoms with E-state index in [0.29, 0.717) is 41.4 Å². The van der Waals surface area contributed by atoms with Crippen molar-refractivity contribution >= 4 is 28.3 Å². The molecule has 422 valence electrons. The van der Waals surface area contributed by atoms with Crippen molar-refractivity contribution in [3.05, 3.63) is 165 Å². The standard InChI is InChI=1S/C66H83N3O10/c1-5-7-8-9-10-11-12-13-14-21-40-75-65(72)68(45-52-26-22-25-50-23-15-16-27-56(50)52)62-44-60(67-77-46-49-30-32-53(33-31-49)69(73)74)58-42-51(24-17-19-37-70)57(28-18-20-38-71)63-59-43-55(78-54-34-29-47(3)48(4)41-54)35-36-61(59)79-66(62,64(58)63)76-39-6-2/h6,15-16,22-23,25-27,29-36,41-43,51,57,62-64,70-71H,2,5,7-14,17-21,24,28,37-40,44-46H2,1,3-4H3. The number of nitrogens with zero attached hydrogens (tertiary/aromatic N) is 3. The number of oxime groups is 1. The average Bonchev–Trinajstić information content (AvgIpc) is 3.10. The van der Waals surface area contributed by atoms with Gasteiger partial charge in [-0.15, -0.1) is 6.58 Å². The molecule has 1 saturated carbocycles. The van der Waals surface area contributed by atoms with Crippen molar-refractivity contribution in [1.29, 1.82) is 0 Å². The van der Waals surface area contributed by atoms with Gasteiger partial charge in [-0.2, -0.15) is 0 Å². The lowest BCUT2D eigenvalue weighted by Crippen LogP contribution is -2.70. The molecule has 1 fully saturated rings. The Hall–Kier alpha value is -6.54. The number of carbonyl (C=O) groups is 1. The number of aliphatic hydroxyl groups is 2. The predicted molar refractivity (Wildman–Crippen MR) is 312 cm³/mol. The highest BCUT2D eigenvalue weighted by Gasteiger charge is 2.66. The van der Waals surface area contributed by atoms with E-state index in [-0.39, 0.29) is 69.4 Å². The fraction of sp³-hybridized carbons (Fsp3) is 0.485. The van der Waals surface area contributed by atoms with E-state index >= 15 is 4.79 Å². The zero-order valence-electron chi connectivity index (χ0n) is 46.8. The maximum absolute atomic E-state index is 15.5. The average molecular weight is 1080 g/mol. The van der Waals surface area contributed by atoms with Crippen LogP contribution >= 0.6 is 0 Å². The highest BCUT2D eigenvalue weighted by Crippen LogP contribution is 2.62. The highest BCUT2D eigenvalue weighted by atomic mass is 16.7. The van der Waals surface area contributed by atoms with Crippen LogP contribution in [0.5, 0.6) is 17.2 Å². The molecule has 13 heteroatoms. The number of benzene rings is 5. The summed E-state index contributed by atoms with van der Waals surface area (Å²) in [6.07, 6.45) is 19.6. The maximum Gasteiger partial charge on any atom is 0.410 e. The van der Waals surface area contributed by atoms with Gasteiger partial charge in [0.2, 0.25) is 5.79 Å². The first-order valence-electron chi connectivity index (χ1n) is 29.2. The van der Waals surface area contributed by atoms with Crippen LogP contribution in [0.1, 0.15) is 150 Å². The maximum atomic E-state index is 15.5. The fourth-order valence-corrected chi connectivity index (χ4v) is 12.3. The smallest absolute Gasteiger partial charge is 0.410 e. The van der Waals surface area contributed by atoms with Gasteiger partial charge in [-0.25, -0.2) is 4.79 Å². The van der Waals surface area contributed by atoms with Gasteiger partial charge in [0.25, 0.3) is 5.69 Å². The minimum absolute atomic E-state index is 0.00287. The molecule has 1 aliphatic heterocycles. The van der Waals surface area contributed by atoms with Crippen LogP contribution in [0.4, 0.5) is 10.5 Å². The minimum atomic E-state index is -1.53. The Bertz CT molecular complexity index is 2860. The Morgan fingerprint density at radius 2 is 1.52 bits per heavy atom. The SMILES string of the molecule is C=CCOC12Oc3ccc(Oc4ccc(C)c(C)c4)cc3C3C(CCCCO)C(CCCCO)C=C(C(=NOCc4ccc([N+](=O)[O-])cc4)CC1N(Cc1cccc4ccccc14)C(=O)OCCCCCCCCCCCC)C32. The van der Waals surface area contributed by atoms with Crippen LogP contribution in [0.25, 0.3) is 10.8 Å². The van der Waals surface area contributed by atoms with E-state index in [1.54, 1.807) is 23.1 Å². The molecule has 1 heterocycles. The number of rotatable bonds is 31. The number of carbonyl (C=O) groups excluding carboxylic acids is 1. The summed E-state index contributed by atoms with van der Waals surface area (Å²) in [4.78, 5) is 34.8. The molecule has 2 N–H and O–H groups in total. The lowest BCUT2D eigenvalue weighted by Gasteiger charge is -2.60. The predicted octanol–water partition coefficient (Wildman–Crippen LogP) is 15.6. The molecular weight excluding hydrogens is 995 g/mol. The van der Waals surface area contributed by atoms with Gasteiger partial charge in [-0.3, -0.25) is 15.0 Å². The zero-order chi connectivity index (χ0) is 55.6. The molecule has 6 unspecified atom stereocenters. The largest absolute Gasteiger partial charge is 0.459 e. The molecule has 5 aromatic rings. The molecule has 0 saturated heterocycles. The first-order valence-corrected chi connectivity index (χ1v) is 29.2. The van der Waals surface area contributed by atoms with Gasteiger partial charge in [-0.1, -0.05) is 143 Å². The Kier molecular flexibility index (Phi) is 21.6.